The quantitative estimate of drug-likeness (QED) is 0.268. The van der Waals surface area contributed by atoms with Crippen LogP contribution in [0.3, 0.4) is 0 Å². The van der Waals surface area contributed by atoms with Gasteiger partial charge in [-0.3, -0.25) is 29.9 Å². The van der Waals surface area contributed by atoms with Gasteiger partial charge in [-0.25, -0.2) is 0 Å². The molecule has 0 atom stereocenters. The van der Waals surface area contributed by atoms with Gasteiger partial charge in [0.2, 0.25) is 0 Å². The molecule has 6 heterocycles. The van der Waals surface area contributed by atoms with Crippen LogP contribution in [0.2, 0.25) is 0 Å². The van der Waals surface area contributed by atoms with Crippen molar-refractivity contribution in [1.82, 2.24) is 29.9 Å². The van der Waals surface area contributed by atoms with Gasteiger partial charge in [-0.1, -0.05) is 36.4 Å². The molecule has 7 heteroatoms. The van der Waals surface area contributed by atoms with Gasteiger partial charge in [0.1, 0.15) is 0 Å². The van der Waals surface area contributed by atoms with Crippen LogP contribution in [0.15, 0.2) is 146 Å². The van der Waals surface area contributed by atoms with Gasteiger partial charge >= 0.3 is 0 Å². The maximum absolute atomic E-state index is 4.19. The molecule has 0 saturated carbocycles. The summed E-state index contributed by atoms with van der Waals surface area (Å²) in [7, 11) is 0. The Kier molecular flexibility index (Phi) is 11.3. The van der Waals surface area contributed by atoms with Crippen molar-refractivity contribution in [3.63, 3.8) is 0 Å². The van der Waals surface area contributed by atoms with Crippen molar-refractivity contribution >= 4 is 0 Å². The first kappa shape index (κ1) is 27.0. The van der Waals surface area contributed by atoms with E-state index >= 15 is 0 Å². The fourth-order valence-electron chi connectivity index (χ4n) is 3.09. The summed E-state index contributed by atoms with van der Waals surface area (Å²) >= 11 is 0. The molecule has 0 amide bonds. The molecular weight excluding hydrogens is 496 g/mol. The van der Waals surface area contributed by atoms with Gasteiger partial charge < -0.3 is 0 Å². The third-order valence-electron chi connectivity index (χ3n) is 4.78. The van der Waals surface area contributed by atoms with E-state index in [0.29, 0.717) is 0 Å². The van der Waals surface area contributed by atoms with Crippen molar-refractivity contribution < 1.29 is 17.4 Å². The number of hydrogen-bond donors (Lipinski definition) is 0. The van der Waals surface area contributed by atoms with Crippen LogP contribution in [0.1, 0.15) is 0 Å². The minimum Gasteiger partial charge on any atom is -0.255 e. The molecule has 0 radical (unpaired) electrons. The van der Waals surface area contributed by atoms with Crippen LogP contribution >= 0.6 is 0 Å². The largest absolute Gasteiger partial charge is 0.255 e. The van der Waals surface area contributed by atoms with Crippen molar-refractivity contribution in [2.75, 3.05) is 0 Å². The zero-order valence-corrected chi connectivity index (χ0v) is 21.2. The Hall–Kier alpha value is -4.57. The second kappa shape index (κ2) is 15.4. The van der Waals surface area contributed by atoms with E-state index in [0.717, 1.165) is 34.2 Å². The molecule has 0 aromatic carbocycles. The van der Waals surface area contributed by atoms with Gasteiger partial charge in [-0.15, -0.1) is 0 Å². The van der Waals surface area contributed by atoms with Gasteiger partial charge in [0.25, 0.3) is 0 Å². The summed E-state index contributed by atoms with van der Waals surface area (Å²) in [5.74, 6) is 0. The van der Waals surface area contributed by atoms with E-state index in [2.05, 4.69) is 29.9 Å². The maximum atomic E-state index is 4.19. The van der Waals surface area contributed by atoms with Gasteiger partial charge in [0.15, 0.2) is 0 Å². The van der Waals surface area contributed by atoms with E-state index in [4.69, 9.17) is 0 Å². The van der Waals surface area contributed by atoms with Crippen LogP contribution < -0.4 is 0 Å². The van der Waals surface area contributed by atoms with E-state index in [9.17, 15) is 0 Å². The summed E-state index contributed by atoms with van der Waals surface area (Å²) in [6, 6.07) is 34.8. The fourth-order valence-corrected chi connectivity index (χ4v) is 3.09. The van der Waals surface area contributed by atoms with Crippen LogP contribution in [-0.4, -0.2) is 29.9 Å². The average molecular weight is 521 g/mol. The zero-order chi connectivity index (χ0) is 24.7. The molecular formula is C30H24CrN6. The molecule has 37 heavy (non-hydrogen) atoms. The monoisotopic (exact) mass is 520 g/mol. The van der Waals surface area contributed by atoms with Crippen LogP contribution in [0, 0.1) is 0 Å². The molecule has 0 aliphatic heterocycles. The summed E-state index contributed by atoms with van der Waals surface area (Å²) in [4.78, 5) is 25.1. The molecule has 0 aliphatic rings. The number of hydrogen-bond acceptors (Lipinski definition) is 6. The van der Waals surface area contributed by atoms with Gasteiger partial charge in [0, 0.05) is 54.5 Å². The molecule has 0 fully saturated rings. The van der Waals surface area contributed by atoms with Gasteiger partial charge in [-0.2, -0.15) is 0 Å². The van der Waals surface area contributed by atoms with E-state index in [-0.39, 0.29) is 17.4 Å². The second-order valence-corrected chi connectivity index (χ2v) is 7.29. The average Bonchev–Trinajstić information content (AvgIpc) is 3.01. The minimum atomic E-state index is 0. The molecule has 0 N–H and O–H groups in total. The molecule has 0 bridgehead atoms. The Morgan fingerprint density at radius 2 is 0.405 bits per heavy atom. The maximum Gasteiger partial charge on any atom is 0.0886 e. The summed E-state index contributed by atoms with van der Waals surface area (Å²) in [5, 5.41) is 0. The van der Waals surface area contributed by atoms with Crippen molar-refractivity contribution in [2.24, 2.45) is 0 Å². The molecule has 0 aliphatic carbocycles. The first-order chi connectivity index (χ1) is 17.9. The summed E-state index contributed by atoms with van der Waals surface area (Å²) in [6.45, 7) is 0. The molecule has 6 nitrogen and oxygen atoms in total. The minimum absolute atomic E-state index is 0. The zero-order valence-electron chi connectivity index (χ0n) is 19.9. The first-order valence-corrected chi connectivity index (χ1v) is 11.4. The summed E-state index contributed by atoms with van der Waals surface area (Å²) in [6.07, 6.45) is 10.6. The second-order valence-electron chi connectivity index (χ2n) is 7.29. The Morgan fingerprint density at radius 3 is 0.514 bits per heavy atom. The van der Waals surface area contributed by atoms with Gasteiger partial charge in [0.05, 0.1) is 34.2 Å². The van der Waals surface area contributed by atoms with Crippen LogP contribution in [-0.2, 0) is 17.4 Å². The van der Waals surface area contributed by atoms with Crippen LogP contribution in [0.5, 0.6) is 0 Å². The molecule has 180 valence electrons. The Morgan fingerprint density at radius 1 is 0.243 bits per heavy atom. The predicted octanol–water partition coefficient (Wildman–Crippen LogP) is 6.43. The molecule has 6 aromatic heterocycles. The summed E-state index contributed by atoms with van der Waals surface area (Å²) in [5.41, 5.74) is 5.49. The topological polar surface area (TPSA) is 77.3 Å². The third kappa shape index (κ3) is 8.86. The molecule has 6 rings (SSSR count). The number of aromatic nitrogens is 6. The van der Waals surface area contributed by atoms with E-state index < -0.39 is 0 Å². The van der Waals surface area contributed by atoms with Crippen LogP contribution in [0.4, 0.5) is 0 Å². The first-order valence-electron chi connectivity index (χ1n) is 11.4. The standard InChI is InChI=1S/3C10H8N2.Cr/c3*1-3-7-11-9(5-1)10-6-2-4-8-12-10;/h3*1-8H;. The molecule has 0 spiro atoms. The van der Waals surface area contributed by atoms with Gasteiger partial charge in [-0.05, 0) is 72.8 Å². The van der Waals surface area contributed by atoms with Crippen molar-refractivity contribution in [2.45, 2.75) is 0 Å². The van der Waals surface area contributed by atoms with Crippen molar-refractivity contribution in [3.05, 3.63) is 146 Å². The van der Waals surface area contributed by atoms with Crippen LogP contribution in [0.25, 0.3) is 34.2 Å². The molecule has 0 saturated heterocycles. The van der Waals surface area contributed by atoms with Crippen molar-refractivity contribution in [1.29, 1.82) is 0 Å². The number of nitrogens with zero attached hydrogens (tertiary/aromatic N) is 6. The normalized spacial score (nSPS) is 9.41. The predicted molar refractivity (Wildman–Crippen MR) is 142 cm³/mol. The smallest absolute Gasteiger partial charge is 0.0886 e. The van der Waals surface area contributed by atoms with Crippen molar-refractivity contribution in [3.8, 4) is 34.2 Å². The third-order valence-corrected chi connectivity index (χ3v) is 4.78. The number of pyridine rings is 6. The molecule has 6 aromatic rings. The SMILES string of the molecule is [Cr].c1ccc(-c2ccccn2)nc1.c1ccc(-c2ccccn2)nc1.c1ccc(-c2ccccn2)nc1. The summed E-state index contributed by atoms with van der Waals surface area (Å²) < 4.78 is 0. The van der Waals surface area contributed by atoms with E-state index in [1.54, 1.807) is 37.2 Å². The Bertz CT molecular complexity index is 1100. The Balaban J connectivity index is 0.000000152. The number of rotatable bonds is 3. The fraction of sp³-hybridized carbons (Fsp3) is 0. The molecule has 0 unspecified atom stereocenters. The van der Waals surface area contributed by atoms with E-state index in [1.165, 1.54) is 0 Å². The van der Waals surface area contributed by atoms with E-state index in [1.807, 2.05) is 109 Å². The Labute approximate surface area is 227 Å².